The number of nitrogens with one attached hydrogen (secondary N) is 1. The van der Waals surface area contributed by atoms with E-state index in [1.807, 2.05) is 43.5 Å². The Labute approximate surface area is 112 Å². The highest BCUT2D eigenvalue weighted by Crippen LogP contribution is 2.25. The third-order valence-corrected chi connectivity index (χ3v) is 2.92. The van der Waals surface area contributed by atoms with Gasteiger partial charge in [-0.3, -0.25) is 4.98 Å². The maximum absolute atomic E-state index is 6.07. The van der Waals surface area contributed by atoms with E-state index in [2.05, 4.69) is 10.3 Å². The second-order valence-corrected chi connectivity index (χ2v) is 4.42. The fraction of sp³-hybridized carbons (Fsp3) is 0.214. The van der Waals surface area contributed by atoms with Crippen LogP contribution < -0.4 is 10.1 Å². The number of aromatic nitrogens is 1. The summed E-state index contributed by atoms with van der Waals surface area (Å²) in [6.45, 7) is 2.67. The van der Waals surface area contributed by atoms with Crippen molar-refractivity contribution in [1.29, 1.82) is 0 Å². The largest absolute Gasteiger partial charge is 0.495 e. The van der Waals surface area contributed by atoms with E-state index in [-0.39, 0.29) is 0 Å². The SMILES string of the molecule is COc1ccc(CNc2ccc(C)nc2)cc1Cl. The number of benzene rings is 1. The minimum atomic E-state index is 0.624. The Bertz CT molecular complexity index is 526. The van der Waals surface area contributed by atoms with Crippen molar-refractivity contribution >= 4 is 17.3 Å². The van der Waals surface area contributed by atoms with Crippen LogP contribution in [0.15, 0.2) is 36.5 Å². The molecule has 0 bridgehead atoms. The summed E-state index contributed by atoms with van der Waals surface area (Å²) >= 11 is 6.07. The van der Waals surface area contributed by atoms with Crippen LogP contribution in [0.3, 0.4) is 0 Å². The molecule has 0 aliphatic carbocycles. The van der Waals surface area contributed by atoms with Crippen LogP contribution in [0.2, 0.25) is 5.02 Å². The van der Waals surface area contributed by atoms with E-state index in [4.69, 9.17) is 16.3 Å². The van der Waals surface area contributed by atoms with Crippen molar-refractivity contribution in [1.82, 2.24) is 4.98 Å². The molecule has 0 atom stereocenters. The van der Waals surface area contributed by atoms with E-state index < -0.39 is 0 Å². The van der Waals surface area contributed by atoms with Crippen LogP contribution in [0.5, 0.6) is 5.75 Å². The van der Waals surface area contributed by atoms with Gasteiger partial charge in [0, 0.05) is 12.2 Å². The van der Waals surface area contributed by atoms with Crippen molar-refractivity contribution in [3.05, 3.63) is 52.8 Å². The fourth-order valence-corrected chi connectivity index (χ4v) is 1.88. The van der Waals surface area contributed by atoms with Crippen LogP contribution in [0.1, 0.15) is 11.3 Å². The summed E-state index contributed by atoms with van der Waals surface area (Å²) in [6, 6.07) is 9.73. The molecule has 4 heteroatoms. The number of anilines is 1. The molecule has 0 saturated heterocycles. The zero-order chi connectivity index (χ0) is 13.0. The highest BCUT2D eigenvalue weighted by atomic mass is 35.5. The maximum atomic E-state index is 6.07. The van der Waals surface area contributed by atoms with Crippen molar-refractivity contribution in [2.45, 2.75) is 13.5 Å². The van der Waals surface area contributed by atoms with E-state index in [9.17, 15) is 0 Å². The predicted molar refractivity (Wildman–Crippen MR) is 74.3 cm³/mol. The number of rotatable bonds is 4. The zero-order valence-corrected chi connectivity index (χ0v) is 11.2. The van der Waals surface area contributed by atoms with Crippen molar-refractivity contribution in [3.8, 4) is 5.75 Å². The molecule has 0 aliphatic rings. The summed E-state index contributed by atoms with van der Waals surface area (Å²) in [7, 11) is 1.61. The van der Waals surface area contributed by atoms with Gasteiger partial charge in [0.15, 0.2) is 0 Å². The molecule has 0 saturated carbocycles. The number of pyridine rings is 1. The van der Waals surface area contributed by atoms with E-state index >= 15 is 0 Å². The van der Waals surface area contributed by atoms with Crippen molar-refractivity contribution in [2.75, 3.05) is 12.4 Å². The van der Waals surface area contributed by atoms with E-state index in [0.29, 0.717) is 17.3 Å². The molecule has 0 amide bonds. The van der Waals surface area contributed by atoms with Crippen LogP contribution in [-0.2, 0) is 6.54 Å². The molecule has 94 valence electrons. The summed E-state index contributed by atoms with van der Waals surface area (Å²) in [5, 5.41) is 3.91. The Kier molecular flexibility index (Phi) is 4.05. The monoisotopic (exact) mass is 262 g/mol. The first-order chi connectivity index (χ1) is 8.69. The average molecular weight is 263 g/mol. The topological polar surface area (TPSA) is 34.1 Å². The molecule has 3 nitrogen and oxygen atoms in total. The Hall–Kier alpha value is -1.74. The second-order valence-electron chi connectivity index (χ2n) is 4.01. The van der Waals surface area contributed by atoms with Crippen LogP contribution in [-0.4, -0.2) is 12.1 Å². The number of nitrogens with zero attached hydrogens (tertiary/aromatic N) is 1. The molecule has 2 rings (SSSR count). The number of methoxy groups -OCH3 is 1. The third kappa shape index (κ3) is 3.14. The quantitative estimate of drug-likeness (QED) is 0.913. The first-order valence-electron chi connectivity index (χ1n) is 5.68. The second kappa shape index (κ2) is 5.74. The van der Waals surface area contributed by atoms with Crippen LogP contribution in [0, 0.1) is 6.92 Å². The van der Waals surface area contributed by atoms with Gasteiger partial charge in [0.25, 0.3) is 0 Å². The summed E-state index contributed by atoms with van der Waals surface area (Å²) in [5.74, 6) is 0.692. The van der Waals surface area contributed by atoms with Gasteiger partial charge in [-0.15, -0.1) is 0 Å². The van der Waals surface area contributed by atoms with E-state index in [0.717, 1.165) is 16.9 Å². The molecular formula is C14H15ClN2O. The van der Waals surface area contributed by atoms with Gasteiger partial charge in [-0.2, -0.15) is 0 Å². The van der Waals surface area contributed by atoms with Gasteiger partial charge < -0.3 is 10.1 Å². The highest BCUT2D eigenvalue weighted by molar-refractivity contribution is 6.32. The van der Waals surface area contributed by atoms with E-state index in [1.165, 1.54) is 0 Å². The standard InChI is InChI=1S/C14H15ClN2O/c1-10-3-5-12(9-16-10)17-8-11-4-6-14(18-2)13(15)7-11/h3-7,9,17H,8H2,1-2H3. The molecule has 0 radical (unpaired) electrons. The molecule has 1 heterocycles. The van der Waals surface area contributed by atoms with Gasteiger partial charge in [0.1, 0.15) is 5.75 Å². The highest BCUT2D eigenvalue weighted by Gasteiger charge is 2.01. The fourth-order valence-electron chi connectivity index (χ4n) is 1.60. The smallest absolute Gasteiger partial charge is 0.137 e. The average Bonchev–Trinajstić information content (AvgIpc) is 2.38. The van der Waals surface area contributed by atoms with Gasteiger partial charge in [0.05, 0.1) is 24.0 Å². The number of halogens is 1. The maximum Gasteiger partial charge on any atom is 0.137 e. The third-order valence-electron chi connectivity index (χ3n) is 2.62. The molecule has 1 N–H and O–H groups in total. The van der Waals surface area contributed by atoms with Gasteiger partial charge >= 0.3 is 0 Å². The molecule has 18 heavy (non-hydrogen) atoms. The minimum Gasteiger partial charge on any atom is -0.495 e. The molecule has 1 aromatic heterocycles. The van der Waals surface area contributed by atoms with Crippen LogP contribution in [0.4, 0.5) is 5.69 Å². The van der Waals surface area contributed by atoms with Gasteiger partial charge in [-0.05, 0) is 36.8 Å². The van der Waals surface area contributed by atoms with Crippen molar-refractivity contribution in [3.63, 3.8) is 0 Å². The minimum absolute atomic E-state index is 0.624. The Morgan fingerprint density at radius 3 is 2.72 bits per heavy atom. The van der Waals surface area contributed by atoms with Crippen molar-refractivity contribution < 1.29 is 4.74 Å². The van der Waals surface area contributed by atoms with Gasteiger partial charge in [0.2, 0.25) is 0 Å². The normalized spacial score (nSPS) is 10.2. The van der Waals surface area contributed by atoms with Gasteiger partial charge in [-0.1, -0.05) is 17.7 Å². The van der Waals surface area contributed by atoms with Crippen LogP contribution in [0.25, 0.3) is 0 Å². The summed E-state index contributed by atoms with van der Waals surface area (Å²) in [4.78, 5) is 4.23. The molecule has 0 unspecified atom stereocenters. The molecule has 0 aliphatic heterocycles. The molecule has 2 aromatic rings. The first-order valence-corrected chi connectivity index (χ1v) is 6.06. The Morgan fingerprint density at radius 2 is 2.11 bits per heavy atom. The summed E-state index contributed by atoms with van der Waals surface area (Å²) < 4.78 is 5.11. The van der Waals surface area contributed by atoms with E-state index in [1.54, 1.807) is 7.11 Å². The molecular weight excluding hydrogens is 248 g/mol. The Morgan fingerprint density at radius 1 is 1.28 bits per heavy atom. The van der Waals surface area contributed by atoms with Gasteiger partial charge in [-0.25, -0.2) is 0 Å². The number of aryl methyl sites for hydroxylation is 1. The lowest BCUT2D eigenvalue weighted by molar-refractivity contribution is 0.415. The lowest BCUT2D eigenvalue weighted by atomic mass is 10.2. The molecule has 0 fully saturated rings. The summed E-state index contributed by atoms with van der Waals surface area (Å²) in [5.41, 5.74) is 3.10. The predicted octanol–water partition coefficient (Wildman–Crippen LogP) is 3.66. The Balaban J connectivity index is 2.02. The number of hydrogen-bond acceptors (Lipinski definition) is 3. The van der Waals surface area contributed by atoms with Crippen LogP contribution >= 0.6 is 11.6 Å². The number of hydrogen-bond donors (Lipinski definition) is 1. The molecule has 0 spiro atoms. The zero-order valence-electron chi connectivity index (χ0n) is 10.4. The number of ether oxygens (including phenoxy) is 1. The van der Waals surface area contributed by atoms with Crippen molar-refractivity contribution in [2.24, 2.45) is 0 Å². The first kappa shape index (κ1) is 12.7. The lowest BCUT2D eigenvalue weighted by Gasteiger charge is -2.08. The lowest BCUT2D eigenvalue weighted by Crippen LogP contribution is -2.00. The molecule has 1 aromatic carbocycles. The summed E-state index contributed by atoms with van der Waals surface area (Å²) in [6.07, 6.45) is 1.82.